The quantitative estimate of drug-likeness (QED) is 0.425. The van der Waals surface area contributed by atoms with Crippen molar-refractivity contribution in [3.05, 3.63) is 81.7 Å². The van der Waals surface area contributed by atoms with E-state index in [4.69, 9.17) is 11.6 Å². The third-order valence-electron chi connectivity index (χ3n) is 6.30. The predicted molar refractivity (Wildman–Crippen MR) is 133 cm³/mol. The van der Waals surface area contributed by atoms with E-state index in [-0.39, 0.29) is 30.2 Å². The summed E-state index contributed by atoms with van der Waals surface area (Å²) < 4.78 is 16.3. The van der Waals surface area contributed by atoms with Gasteiger partial charge in [0.2, 0.25) is 5.91 Å². The van der Waals surface area contributed by atoms with Gasteiger partial charge in [0.05, 0.1) is 11.9 Å². The molecular formula is C25H24ClFN6O2. The number of aromatic nitrogens is 4. The first-order valence-corrected chi connectivity index (χ1v) is 11.8. The number of anilines is 1. The molecule has 0 aliphatic carbocycles. The molecule has 1 aliphatic rings. The highest BCUT2D eigenvalue weighted by Crippen LogP contribution is 2.21. The average molecular weight is 495 g/mol. The molecule has 10 heteroatoms. The molecule has 0 N–H and O–H groups in total. The van der Waals surface area contributed by atoms with Gasteiger partial charge in [0, 0.05) is 49.9 Å². The van der Waals surface area contributed by atoms with Crippen LogP contribution in [0.15, 0.2) is 59.5 Å². The van der Waals surface area contributed by atoms with Crippen molar-refractivity contribution in [1.82, 2.24) is 24.2 Å². The molecule has 8 nitrogen and oxygen atoms in total. The molecule has 2 aromatic carbocycles. The summed E-state index contributed by atoms with van der Waals surface area (Å²) >= 11 is 6.10. The van der Waals surface area contributed by atoms with E-state index >= 15 is 0 Å². The third kappa shape index (κ3) is 4.64. The second-order valence-electron chi connectivity index (χ2n) is 8.48. The second kappa shape index (κ2) is 9.50. The van der Waals surface area contributed by atoms with Crippen LogP contribution in [0.2, 0.25) is 5.02 Å². The van der Waals surface area contributed by atoms with Crippen molar-refractivity contribution < 1.29 is 9.18 Å². The number of aryl methyl sites for hydroxylation is 1. The Morgan fingerprint density at radius 2 is 1.80 bits per heavy atom. The van der Waals surface area contributed by atoms with Gasteiger partial charge in [-0.3, -0.25) is 14.2 Å². The molecule has 180 valence electrons. The van der Waals surface area contributed by atoms with Crippen molar-refractivity contribution in [3.8, 4) is 5.69 Å². The monoisotopic (exact) mass is 494 g/mol. The van der Waals surface area contributed by atoms with Gasteiger partial charge in [-0.1, -0.05) is 17.7 Å². The molecule has 0 radical (unpaired) electrons. The smallest absolute Gasteiger partial charge is 0.264 e. The predicted octanol–water partition coefficient (Wildman–Crippen LogP) is 3.42. The highest BCUT2D eigenvalue weighted by atomic mass is 35.5. The molecule has 1 fully saturated rings. The first-order valence-electron chi connectivity index (χ1n) is 11.4. The van der Waals surface area contributed by atoms with Gasteiger partial charge in [0.25, 0.3) is 5.56 Å². The van der Waals surface area contributed by atoms with Crippen LogP contribution < -0.4 is 10.5 Å². The molecule has 0 bridgehead atoms. The molecule has 5 rings (SSSR count). The standard InChI is InChI=1S/C25H24ClFN6O2/c1-17-29-24-22(16-28-33(24)20-7-5-19(27)6-8-20)25(35)32(17)10-9-23(34)31-13-11-30(12-14-31)21-4-2-3-18(26)15-21/h2-8,15-16H,9-14H2,1H3. The number of carbonyl (C=O) groups excluding carboxylic acids is 1. The van der Waals surface area contributed by atoms with E-state index in [1.807, 2.05) is 29.2 Å². The summed E-state index contributed by atoms with van der Waals surface area (Å²) in [6, 6.07) is 13.5. The Labute approximate surface area is 206 Å². The first kappa shape index (κ1) is 23.0. The Bertz CT molecular complexity index is 1440. The van der Waals surface area contributed by atoms with Gasteiger partial charge < -0.3 is 9.80 Å². The van der Waals surface area contributed by atoms with Crippen LogP contribution in [0.1, 0.15) is 12.2 Å². The molecule has 0 unspecified atom stereocenters. The van der Waals surface area contributed by atoms with E-state index in [1.165, 1.54) is 27.6 Å². The normalized spacial score (nSPS) is 14.0. The maximum Gasteiger partial charge on any atom is 0.264 e. The van der Waals surface area contributed by atoms with E-state index in [0.717, 1.165) is 18.8 Å². The minimum Gasteiger partial charge on any atom is -0.368 e. The summed E-state index contributed by atoms with van der Waals surface area (Å²) in [5.41, 5.74) is 1.81. The summed E-state index contributed by atoms with van der Waals surface area (Å²) in [5.74, 6) is 0.140. The van der Waals surface area contributed by atoms with Crippen LogP contribution in [0.3, 0.4) is 0 Å². The fourth-order valence-electron chi connectivity index (χ4n) is 4.39. The lowest BCUT2D eigenvalue weighted by atomic mass is 10.2. The van der Waals surface area contributed by atoms with Crippen LogP contribution in [0.5, 0.6) is 0 Å². The van der Waals surface area contributed by atoms with Crippen molar-refractivity contribution in [2.45, 2.75) is 19.9 Å². The molecule has 1 saturated heterocycles. The van der Waals surface area contributed by atoms with Crippen LogP contribution >= 0.6 is 11.6 Å². The van der Waals surface area contributed by atoms with Crippen molar-refractivity contribution in [2.75, 3.05) is 31.1 Å². The zero-order valence-electron chi connectivity index (χ0n) is 19.2. The average Bonchev–Trinajstić information content (AvgIpc) is 3.28. The van der Waals surface area contributed by atoms with Gasteiger partial charge in [-0.05, 0) is 49.4 Å². The zero-order chi connectivity index (χ0) is 24.5. The van der Waals surface area contributed by atoms with E-state index in [9.17, 15) is 14.0 Å². The fourth-order valence-corrected chi connectivity index (χ4v) is 4.58. The number of halogens is 2. The SMILES string of the molecule is Cc1nc2c(cnn2-c2ccc(F)cc2)c(=O)n1CCC(=O)N1CCN(c2cccc(Cl)c2)CC1. The molecule has 1 aliphatic heterocycles. The molecule has 2 aromatic heterocycles. The first-order chi connectivity index (χ1) is 16.9. The summed E-state index contributed by atoms with van der Waals surface area (Å²) in [7, 11) is 0. The minimum atomic E-state index is -0.354. The zero-order valence-corrected chi connectivity index (χ0v) is 20.0. The molecule has 1 amide bonds. The number of amides is 1. The number of rotatable bonds is 5. The van der Waals surface area contributed by atoms with Crippen molar-refractivity contribution in [3.63, 3.8) is 0 Å². The molecule has 0 atom stereocenters. The molecule has 35 heavy (non-hydrogen) atoms. The molecule has 0 spiro atoms. The lowest BCUT2D eigenvalue weighted by Gasteiger charge is -2.36. The van der Waals surface area contributed by atoms with Crippen molar-refractivity contribution in [2.24, 2.45) is 0 Å². The van der Waals surface area contributed by atoms with Crippen LogP contribution in [-0.4, -0.2) is 56.3 Å². The molecule has 3 heterocycles. The van der Waals surface area contributed by atoms with Crippen LogP contribution in [0, 0.1) is 12.7 Å². The van der Waals surface area contributed by atoms with Crippen LogP contribution in [-0.2, 0) is 11.3 Å². The summed E-state index contributed by atoms with van der Waals surface area (Å²) in [6.07, 6.45) is 1.66. The second-order valence-corrected chi connectivity index (χ2v) is 8.92. The maximum absolute atomic E-state index is 13.3. The molecule has 0 saturated carbocycles. The Morgan fingerprint density at radius 3 is 2.51 bits per heavy atom. The highest BCUT2D eigenvalue weighted by molar-refractivity contribution is 6.30. The van der Waals surface area contributed by atoms with Gasteiger partial charge >= 0.3 is 0 Å². The molecule has 4 aromatic rings. The largest absolute Gasteiger partial charge is 0.368 e. The van der Waals surface area contributed by atoms with Crippen molar-refractivity contribution >= 4 is 34.2 Å². The number of nitrogens with zero attached hydrogens (tertiary/aromatic N) is 6. The Kier molecular flexibility index (Phi) is 6.25. The van der Waals surface area contributed by atoms with Gasteiger partial charge in [-0.25, -0.2) is 14.1 Å². The Morgan fingerprint density at radius 1 is 1.06 bits per heavy atom. The van der Waals surface area contributed by atoms with Crippen molar-refractivity contribution in [1.29, 1.82) is 0 Å². The van der Waals surface area contributed by atoms with Crippen LogP contribution in [0.4, 0.5) is 10.1 Å². The lowest BCUT2D eigenvalue weighted by Crippen LogP contribution is -2.49. The molecular weight excluding hydrogens is 471 g/mol. The fraction of sp³-hybridized carbons (Fsp3) is 0.280. The van der Waals surface area contributed by atoms with E-state index in [1.54, 1.807) is 19.1 Å². The lowest BCUT2D eigenvalue weighted by molar-refractivity contribution is -0.131. The van der Waals surface area contributed by atoms with Gasteiger partial charge in [0.15, 0.2) is 5.65 Å². The van der Waals surface area contributed by atoms with Gasteiger partial charge in [-0.2, -0.15) is 5.10 Å². The minimum absolute atomic E-state index is 0.00384. The van der Waals surface area contributed by atoms with E-state index in [2.05, 4.69) is 15.0 Å². The van der Waals surface area contributed by atoms with E-state index in [0.29, 0.717) is 40.7 Å². The highest BCUT2D eigenvalue weighted by Gasteiger charge is 2.22. The summed E-state index contributed by atoms with van der Waals surface area (Å²) in [5, 5.41) is 5.31. The number of benzene rings is 2. The number of piperazine rings is 1. The Balaban J connectivity index is 1.27. The number of carbonyl (C=O) groups is 1. The topological polar surface area (TPSA) is 76.3 Å². The number of hydrogen-bond acceptors (Lipinski definition) is 5. The third-order valence-corrected chi connectivity index (χ3v) is 6.54. The van der Waals surface area contributed by atoms with Crippen LogP contribution in [0.25, 0.3) is 16.7 Å². The van der Waals surface area contributed by atoms with Gasteiger partial charge in [0.1, 0.15) is 17.0 Å². The summed E-state index contributed by atoms with van der Waals surface area (Å²) in [4.78, 5) is 34.6. The van der Waals surface area contributed by atoms with E-state index < -0.39 is 0 Å². The number of fused-ring (bicyclic) bond motifs is 1. The Hall–Kier alpha value is -3.72. The summed E-state index contributed by atoms with van der Waals surface area (Å²) in [6.45, 7) is 4.64. The van der Waals surface area contributed by atoms with Gasteiger partial charge in [-0.15, -0.1) is 0 Å². The number of hydrogen-bond donors (Lipinski definition) is 0. The maximum atomic E-state index is 13.3.